The lowest BCUT2D eigenvalue weighted by Gasteiger charge is -2.34. The number of carbonyl (C=O) groups excluding carboxylic acids is 2. The molecule has 0 aliphatic carbocycles. The number of rotatable bonds is 6. The van der Waals surface area contributed by atoms with E-state index < -0.39 is 0 Å². The van der Waals surface area contributed by atoms with E-state index in [0.717, 1.165) is 19.4 Å². The second-order valence-electron chi connectivity index (χ2n) is 6.99. The van der Waals surface area contributed by atoms with Crippen molar-refractivity contribution in [1.82, 2.24) is 19.8 Å². The van der Waals surface area contributed by atoms with E-state index in [1.165, 1.54) is 0 Å². The normalized spacial score (nSPS) is 14.1. The summed E-state index contributed by atoms with van der Waals surface area (Å²) in [4.78, 5) is 39.6. The van der Waals surface area contributed by atoms with Gasteiger partial charge in [-0.25, -0.2) is 9.97 Å². The van der Waals surface area contributed by atoms with Crippen molar-refractivity contribution in [2.24, 2.45) is 0 Å². The second kappa shape index (κ2) is 9.30. The maximum Gasteiger partial charge on any atom is 0.253 e. The molecule has 0 atom stereocenters. The van der Waals surface area contributed by atoms with Crippen molar-refractivity contribution in [1.29, 1.82) is 0 Å². The van der Waals surface area contributed by atoms with Crippen LogP contribution in [0.5, 0.6) is 0 Å². The van der Waals surface area contributed by atoms with E-state index in [0.29, 0.717) is 43.3 Å². The van der Waals surface area contributed by atoms with Crippen molar-refractivity contribution in [3.8, 4) is 0 Å². The fraction of sp³-hybridized carbons (Fsp3) is 0.429. The Hall–Kier alpha value is -2.96. The third kappa shape index (κ3) is 4.65. The Morgan fingerprint density at radius 1 is 1.04 bits per heavy atom. The molecule has 148 valence electrons. The highest BCUT2D eigenvalue weighted by molar-refractivity contribution is 5.99. The fourth-order valence-electron chi connectivity index (χ4n) is 3.25. The molecule has 0 spiro atoms. The molecule has 0 radical (unpaired) electrons. The summed E-state index contributed by atoms with van der Waals surface area (Å²) in [6.07, 6.45) is 5.45. The zero-order chi connectivity index (χ0) is 19.9. The van der Waals surface area contributed by atoms with Crippen LogP contribution in [0.3, 0.4) is 0 Å². The molecule has 1 aliphatic heterocycles. The molecule has 0 saturated carbocycles. The van der Waals surface area contributed by atoms with Gasteiger partial charge in [-0.3, -0.25) is 9.59 Å². The van der Waals surface area contributed by atoms with Crippen LogP contribution in [0.1, 0.15) is 40.5 Å². The standard InChI is InChI=1S/C21H27N5O2/c1-3-4-11-24(2)19(27)17-7-5-8-18(16-17)20(28)25-12-14-26(15-13-25)21-22-9-6-10-23-21/h5-10,16H,3-4,11-15H2,1-2H3. The largest absolute Gasteiger partial charge is 0.342 e. The lowest BCUT2D eigenvalue weighted by molar-refractivity contribution is 0.0746. The molecule has 1 aliphatic rings. The average molecular weight is 381 g/mol. The lowest BCUT2D eigenvalue weighted by atomic mass is 10.1. The van der Waals surface area contributed by atoms with Crippen molar-refractivity contribution in [3.05, 3.63) is 53.9 Å². The van der Waals surface area contributed by atoms with Gasteiger partial charge in [0.2, 0.25) is 5.95 Å². The van der Waals surface area contributed by atoms with Crippen LogP contribution in [0.15, 0.2) is 42.7 Å². The number of unbranched alkanes of at least 4 members (excludes halogenated alkanes) is 1. The Labute approximate surface area is 166 Å². The number of hydrogen-bond acceptors (Lipinski definition) is 5. The van der Waals surface area contributed by atoms with Crippen molar-refractivity contribution in [2.45, 2.75) is 19.8 Å². The van der Waals surface area contributed by atoms with Gasteiger partial charge >= 0.3 is 0 Å². The van der Waals surface area contributed by atoms with Gasteiger partial charge in [-0.05, 0) is 30.7 Å². The first-order chi connectivity index (χ1) is 13.6. The molecule has 1 aromatic heterocycles. The SMILES string of the molecule is CCCCN(C)C(=O)c1cccc(C(=O)N2CCN(c3ncccn3)CC2)c1. The predicted octanol–water partition coefficient (Wildman–Crippen LogP) is 2.31. The lowest BCUT2D eigenvalue weighted by Crippen LogP contribution is -2.49. The van der Waals surface area contributed by atoms with E-state index in [1.54, 1.807) is 54.7 Å². The summed E-state index contributed by atoms with van der Waals surface area (Å²) in [7, 11) is 1.80. The molecule has 0 unspecified atom stereocenters. The molecule has 7 nitrogen and oxygen atoms in total. The Balaban J connectivity index is 1.63. The molecule has 0 bridgehead atoms. The van der Waals surface area contributed by atoms with Crippen LogP contribution >= 0.6 is 0 Å². The van der Waals surface area contributed by atoms with E-state index in [9.17, 15) is 9.59 Å². The number of carbonyl (C=O) groups is 2. The zero-order valence-electron chi connectivity index (χ0n) is 16.5. The minimum atomic E-state index is -0.0471. The molecule has 2 heterocycles. The maximum atomic E-state index is 12.9. The number of aromatic nitrogens is 2. The molecule has 7 heteroatoms. The zero-order valence-corrected chi connectivity index (χ0v) is 16.5. The molecule has 3 rings (SSSR count). The monoisotopic (exact) mass is 381 g/mol. The van der Waals surface area contributed by atoms with E-state index in [4.69, 9.17) is 0 Å². The minimum Gasteiger partial charge on any atom is -0.342 e. The van der Waals surface area contributed by atoms with Gasteiger partial charge in [0.25, 0.3) is 11.8 Å². The maximum absolute atomic E-state index is 12.9. The van der Waals surface area contributed by atoms with Gasteiger partial charge in [0.1, 0.15) is 0 Å². The smallest absolute Gasteiger partial charge is 0.253 e. The second-order valence-corrected chi connectivity index (χ2v) is 6.99. The van der Waals surface area contributed by atoms with Gasteiger partial charge in [-0.1, -0.05) is 19.4 Å². The molecular weight excluding hydrogens is 354 g/mol. The summed E-state index contributed by atoms with van der Waals surface area (Å²) < 4.78 is 0. The van der Waals surface area contributed by atoms with Crippen LogP contribution in [-0.2, 0) is 0 Å². The molecule has 1 saturated heterocycles. The highest BCUT2D eigenvalue weighted by Crippen LogP contribution is 2.15. The van der Waals surface area contributed by atoms with E-state index >= 15 is 0 Å². The van der Waals surface area contributed by atoms with E-state index in [2.05, 4.69) is 21.8 Å². The molecule has 2 amide bonds. The first-order valence-corrected chi connectivity index (χ1v) is 9.77. The number of hydrogen-bond donors (Lipinski definition) is 0. The third-order valence-electron chi connectivity index (χ3n) is 4.95. The summed E-state index contributed by atoms with van der Waals surface area (Å²) in [5.74, 6) is 0.603. The molecule has 1 fully saturated rings. The fourth-order valence-corrected chi connectivity index (χ4v) is 3.25. The van der Waals surface area contributed by atoms with Crippen LogP contribution < -0.4 is 4.90 Å². The molecule has 28 heavy (non-hydrogen) atoms. The van der Waals surface area contributed by atoms with Crippen LogP contribution in [0.2, 0.25) is 0 Å². The van der Waals surface area contributed by atoms with Crippen LogP contribution in [0.25, 0.3) is 0 Å². The van der Waals surface area contributed by atoms with Crippen LogP contribution in [0.4, 0.5) is 5.95 Å². The highest BCUT2D eigenvalue weighted by atomic mass is 16.2. The average Bonchev–Trinajstić information content (AvgIpc) is 2.77. The highest BCUT2D eigenvalue weighted by Gasteiger charge is 2.24. The Morgan fingerprint density at radius 3 is 2.39 bits per heavy atom. The summed E-state index contributed by atoms with van der Waals surface area (Å²) in [5, 5.41) is 0. The Kier molecular flexibility index (Phi) is 6.57. The Bertz CT molecular complexity index is 803. The minimum absolute atomic E-state index is 0.0421. The molecular formula is C21H27N5O2. The van der Waals surface area contributed by atoms with Crippen molar-refractivity contribution < 1.29 is 9.59 Å². The first kappa shape index (κ1) is 19.8. The van der Waals surface area contributed by atoms with E-state index in [-0.39, 0.29) is 11.8 Å². The summed E-state index contributed by atoms with van der Waals surface area (Å²) in [5.41, 5.74) is 1.11. The van der Waals surface area contributed by atoms with E-state index in [1.807, 2.05) is 4.90 Å². The van der Waals surface area contributed by atoms with Crippen LogP contribution in [-0.4, -0.2) is 71.4 Å². The molecule has 1 aromatic carbocycles. The quantitative estimate of drug-likeness (QED) is 0.768. The summed E-state index contributed by atoms with van der Waals surface area (Å²) in [6.45, 7) is 5.40. The molecule has 0 N–H and O–H groups in total. The number of anilines is 1. The van der Waals surface area contributed by atoms with Gasteiger partial charge < -0.3 is 14.7 Å². The van der Waals surface area contributed by atoms with Gasteiger partial charge in [-0.15, -0.1) is 0 Å². The van der Waals surface area contributed by atoms with Crippen molar-refractivity contribution in [2.75, 3.05) is 44.7 Å². The number of piperazine rings is 1. The van der Waals surface area contributed by atoms with Crippen molar-refractivity contribution in [3.63, 3.8) is 0 Å². The first-order valence-electron chi connectivity index (χ1n) is 9.77. The Morgan fingerprint density at radius 2 is 1.71 bits per heavy atom. The number of amides is 2. The van der Waals surface area contributed by atoms with Crippen molar-refractivity contribution >= 4 is 17.8 Å². The van der Waals surface area contributed by atoms with Crippen LogP contribution in [0, 0.1) is 0 Å². The molecule has 2 aromatic rings. The van der Waals surface area contributed by atoms with Gasteiger partial charge in [-0.2, -0.15) is 0 Å². The van der Waals surface area contributed by atoms with Gasteiger partial charge in [0, 0.05) is 63.3 Å². The van der Waals surface area contributed by atoms with Gasteiger partial charge in [0.05, 0.1) is 0 Å². The number of benzene rings is 1. The third-order valence-corrected chi connectivity index (χ3v) is 4.95. The summed E-state index contributed by atoms with van der Waals surface area (Å²) in [6, 6.07) is 8.82. The summed E-state index contributed by atoms with van der Waals surface area (Å²) >= 11 is 0. The number of nitrogens with zero attached hydrogens (tertiary/aromatic N) is 5. The topological polar surface area (TPSA) is 69.6 Å². The van der Waals surface area contributed by atoms with Gasteiger partial charge in [0.15, 0.2) is 0 Å². The predicted molar refractivity (Wildman–Crippen MR) is 108 cm³/mol.